The highest BCUT2D eigenvalue weighted by atomic mass is 16.5. The molecule has 8 atom stereocenters. The van der Waals surface area contributed by atoms with E-state index in [1.54, 1.807) is 12.2 Å². The summed E-state index contributed by atoms with van der Waals surface area (Å²) < 4.78 is 11.7. The van der Waals surface area contributed by atoms with Crippen LogP contribution in [0.3, 0.4) is 0 Å². The van der Waals surface area contributed by atoms with Crippen molar-refractivity contribution < 1.29 is 33.2 Å². The molecule has 5 N–H and O–H groups in total. The van der Waals surface area contributed by atoms with Crippen LogP contribution in [-0.2, 0) is 19.1 Å². The third-order valence-electron chi connectivity index (χ3n) is 15.0. The summed E-state index contributed by atoms with van der Waals surface area (Å²) >= 11 is 0. The lowest BCUT2D eigenvalue weighted by Gasteiger charge is -2.33. The standard InChI is InChI=1S/C55H58N8O6/c1-7-8-10-13-30(2)45(60-54(66)68-5)53(65)63-39-21-16-38(28-39)50(63)51-57-43-25-20-37-27-35(18-23-41(37)48(43)59-51)34-17-22-40-36(26-34)19-24-42-47(40)58-44(56-42)29-62(49-31(3)32(49)4)52(64)46(61-55(67)69-6)33-14-11-9-12-15-33/h7-14,17-20,22-27,31-33,38,44-46,49-50,56,58H,2,15-16,21,28-29H2,1,3-6H3,(H2-,57,59,60,61,66,67)/p+1. The number of amides is 4. The van der Waals surface area contributed by atoms with Gasteiger partial charge in [0.05, 0.1) is 43.2 Å². The van der Waals surface area contributed by atoms with Crippen LogP contribution in [0, 0.1) is 23.7 Å². The predicted molar refractivity (Wildman–Crippen MR) is 270 cm³/mol. The monoisotopic (exact) mass is 927 g/mol. The number of nitrogens with one attached hydrogen (secondary N) is 5. The number of ether oxygens (including phenoxy) is 2. The van der Waals surface area contributed by atoms with Crippen molar-refractivity contribution in [3.8, 4) is 11.1 Å². The topological polar surface area (TPSA) is 170 Å². The minimum atomic E-state index is -1.01. The minimum absolute atomic E-state index is 0.0587. The van der Waals surface area contributed by atoms with E-state index in [0.717, 1.165) is 85.9 Å². The Balaban J connectivity index is 0.887. The van der Waals surface area contributed by atoms with Crippen molar-refractivity contribution in [1.82, 2.24) is 25.5 Å². The number of allylic oxidation sites excluding steroid dienone is 6. The van der Waals surface area contributed by atoms with E-state index in [9.17, 15) is 19.2 Å². The molecule has 14 nitrogen and oxygen atoms in total. The fraction of sp³-hybridized carbons (Fsp3) is 0.345. The Labute approximate surface area is 401 Å². The second-order valence-electron chi connectivity index (χ2n) is 19.1. The van der Waals surface area contributed by atoms with Gasteiger partial charge in [-0.1, -0.05) is 105 Å². The van der Waals surface area contributed by atoms with Gasteiger partial charge in [-0.15, -0.1) is 0 Å². The molecule has 10 rings (SSSR count). The van der Waals surface area contributed by atoms with Crippen LogP contribution in [-0.4, -0.2) is 94.2 Å². The molecule has 4 amide bonds. The number of anilines is 2. The van der Waals surface area contributed by atoms with Gasteiger partial charge >= 0.3 is 18.1 Å². The molecule has 2 aliphatic heterocycles. The van der Waals surface area contributed by atoms with Crippen LogP contribution in [0.25, 0.3) is 43.7 Å². The number of carbonyl (C=O) groups is 4. The van der Waals surface area contributed by atoms with Gasteiger partial charge in [-0.2, -0.15) is 4.58 Å². The highest BCUT2D eigenvalue weighted by Crippen LogP contribution is 2.46. The van der Waals surface area contributed by atoms with Crippen molar-refractivity contribution in [2.45, 2.75) is 76.8 Å². The first-order valence-corrected chi connectivity index (χ1v) is 24.0. The molecule has 5 aliphatic rings. The van der Waals surface area contributed by atoms with E-state index in [1.165, 1.54) is 14.2 Å². The maximum absolute atomic E-state index is 14.5. The summed E-state index contributed by atoms with van der Waals surface area (Å²) in [5.74, 6) is 1.04. The number of benzene rings is 4. The summed E-state index contributed by atoms with van der Waals surface area (Å²) in [5.41, 5.74) is 7.32. The van der Waals surface area contributed by atoms with E-state index in [-0.39, 0.29) is 41.9 Å². The van der Waals surface area contributed by atoms with Crippen molar-refractivity contribution in [2.24, 2.45) is 23.7 Å². The summed E-state index contributed by atoms with van der Waals surface area (Å²) in [4.78, 5) is 64.7. The molecule has 2 fully saturated rings. The number of hydrogen-bond donors (Lipinski definition) is 5. The van der Waals surface area contributed by atoms with Crippen LogP contribution in [0.1, 0.15) is 58.3 Å². The van der Waals surface area contributed by atoms with Gasteiger partial charge in [0, 0.05) is 41.5 Å². The second kappa shape index (κ2) is 18.5. The highest BCUT2D eigenvalue weighted by molar-refractivity contribution is 6.07. The molecule has 69 heavy (non-hydrogen) atoms. The van der Waals surface area contributed by atoms with E-state index >= 15 is 0 Å². The number of rotatable bonds is 13. The molecular formula is C55H59N8O6+. The number of H-pyrrole nitrogens is 1. The summed E-state index contributed by atoms with van der Waals surface area (Å²) in [6.07, 6.45) is 16.8. The zero-order valence-corrected chi connectivity index (χ0v) is 39.6. The van der Waals surface area contributed by atoms with Crippen LogP contribution in [0.15, 0.2) is 121 Å². The van der Waals surface area contributed by atoms with Crippen LogP contribution in [0.2, 0.25) is 0 Å². The number of fused-ring (bicyclic) bond motifs is 8. The van der Waals surface area contributed by atoms with Gasteiger partial charge in [-0.3, -0.25) is 4.79 Å². The van der Waals surface area contributed by atoms with E-state index in [0.29, 0.717) is 30.4 Å². The molecule has 8 unspecified atom stereocenters. The lowest BCUT2D eigenvalue weighted by Crippen LogP contribution is -2.55. The Kier molecular flexibility index (Phi) is 12.2. The SMILES string of the molecule is C=C(C=CC=CC)C(NC(=O)OC)C(=O)[N+]1=C2CCC(C2)C1c1nc2c(ccc3cc(-c4ccc5c6c(ccc5c4)NC(CN(C(=O)C(NC(=O)OC)C4C=CC=CC4)C4C(C)C4C)N6)ccc32)[nH]1. The van der Waals surface area contributed by atoms with Gasteiger partial charge in [0.2, 0.25) is 11.9 Å². The number of nitrogens with zero attached hydrogens (tertiary/aromatic N) is 3. The number of methoxy groups -OCH3 is 2. The first-order chi connectivity index (χ1) is 33.5. The zero-order chi connectivity index (χ0) is 48.1. The summed E-state index contributed by atoms with van der Waals surface area (Å²) in [5, 5.41) is 17.1. The first-order valence-electron chi connectivity index (χ1n) is 24.0. The highest BCUT2D eigenvalue weighted by Gasteiger charge is 2.54. The smallest absolute Gasteiger partial charge is 0.414 e. The summed E-state index contributed by atoms with van der Waals surface area (Å²) in [7, 11) is 2.60. The number of imidazole rings is 1. The molecule has 0 saturated heterocycles. The molecule has 2 bridgehead atoms. The molecule has 0 spiro atoms. The van der Waals surface area contributed by atoms with Crippen LogP contribution in [0.4, 0.5) is 21.0 Å². The third-order valence-corrected chi connectivity index (χ3v) is 15.0. The largest absolute Gasteiger partial charge is 0.453 e. The van der Waals surface area contributed by atoms with Gasteiger partial charge in [0.15, 0.2) is 17.6 Å². The van der Waals surface area contributed by atoms with Gasteiger partial charge in [0.1, 0.15) is 12.2 Å². The lowest BCUT2D eigenvalue weighted by atomic mass is 9.91. The number of carbonyl (C=O) groups excluding carboxylic acids is 4. The van der Waals surface area contributed by atoms with Gasteiger partial charge < -0.3 is 40.6 Å². The Morgan fingerprint density at radius 3 is 2.35 bits per heavy atom. The Hall–Kier alpha value is -7.48. The van der Waals surface area contributed by atoms with Crippen molar-refractivity contribution in [3.05, 3.63) is 127 Å². The maximum Gasteiger partial charge on any atom is 0.414 e. The maximum atomic E-state index is 14.5. The molecule has 354 valence electrons. The summed E-state index contributed by atoms with van der Waals surface area (Å²) in [6.45, 7) is 10.8. The normalized spacial score (nSPS) is 24.1. The Morgan fingerprint density at radius 1 is 0.913 bits per heavy atom. The lowest BCUT2D eigenvalue weighted by molar-refractivity contribution is -0.501. The zero-order valence-electron chi connectivity index (χ0n) is 39.6. The number of aromatic amines is 1. The predicted octanol–water partition coefficient (Wildman–Crippen LogP) is 9.29. The second-order valence-corrected chi connectivity index (χ2v) is 19.1. The van der Waals surface area contributed by atoms with Crippen LogP contribution in [0.5, 0.6) is 0 Å². The molecule has 2 saturated carbocycles. The Morgan fingerprint density at radius 2 is 1.64 bits per heavy atom. The van der Waals surface area contributed by atoms with Crippen LogP contribution >= 0.6 is 0 Å². The number of aromatic nitrogens is 2. The average Bonchev–Trinajstić information content (AvgIpc) is 4.00. The minimum Gasteiger partial charge on any atom is -0.453 e. The van der Waals surface area contributed by atoms with Crippen molar-refractivity contribution in [2.75, 3.05) is 31.4 Å². The van der Waals surface area contributed by atoms with Crippen molar-refractivity contribution in [3.63, 3.8) is 0 Å². The number of alkyl carbamates (subject to hydrolysis) is 2. The van der Waals surface area contributed by atoms with Gasteiger partial charge in [0.25, 0.3) is 0 Å². The van der Waals surface area contributed by atoms with Crippen molar-refractivity contribution >= 4 is 73.7 Å². The Bertz CT molecular complexity index is 3080. The molecule has 3 heterocycles. The van der Waals surface area contributed by atoms with E-state index in [2.05, 4.69) is 107 Å². The van der Waals surface area contributed by atoms with Gasteiger partial charge in [-0.05, 0) is 83.3 Å². The molecule has 14 heteroatoms. The molecule has 1 aromatic heterocycles. The molecular weight excluding hydrogens is 869 g/mol. The first kappa shape index (κ1) is 45.3. The molecule has 3 aliphatic carbocycles. The van der Waals surface area contributed by atoms with Gasteiger partial charge in [-0.25, -0.2) is 19.4 Å². The molecule has 5 aromatic rings. The quantitative estimate of drug-likeness (QED) is 0.0571. The molecule has 4 aromatic carbocycles. The van der Waals surface area contributed by atoms with E-state index in [1.807, 2.05) is 52.9 Å². The van der Waals surface area contributed by atoms with E-state index in [4.69, 9.17) is 14.5 Å². The fourth-order valence-corrected chi connectivity index (χ4v) is 11.1. The molecule has 0 radical (unpaired) electrons. The van der Waals surface area contributed by atoms with Crippen molar-refractivity contribution in [1.29, 1.82) is 0 Å². The third kappa shape index (κ3) is 8.46. The summed E-state index contributed by atoms with van der Waals surface area (Å²) in [6, 6.07) is 19.3. The van der Waals surface area contributed by atoms with E-state index < -0.39 is 24.3 Å². The average molecular weight is 928 g/mol. The number of hydrogen-bond acceptors (Lipinski definition) is 9. The van der Waals surface area contributed by atoms with Crippen LogP contribution < -0.4 is 21.3 Å². The fourth-order valence-electron chi connectivity index (χ4n) is 11.1.